The topological polar surface area (TPSA) is 84.6 Å². The standard InChI is InChI=1S/C28H25N3O5/c1-15(2)31-22(9-10-29-31)20-13-25(32)35-23-8-6-18-27(33)24(36-28(18)26(20)23)11-16-14-30(3)21-7-5-17(34-4)12-19(16)21/h5-12,14-15,20H,13H2,1-4H3/b24-11-/t20-/m0/s1. The van der Waals surface area contributed by atoms with E-state index >= 15 is 0 Å². The van der Waals surface area contributed by atoms with Gasteiger partial charge in [-0.25, -0.2) is 0 Å². The molecule has 0 spiro atoms. The number of ether oxygens (including phenoxy) is 3. The Balaban J connectivity index is 1.47. The summed E-state index contributed by atoms with van der Waals surface area (Å²) in [6, 6.07) is 11.2. The second kappa shape index (κ2) is 8.12. The molecule has 8 heteroatoms. The van der Waals surface area contributed by atoms with Crippen LogP contribution in [0.5, 0.6) is 17.2 Å². The Kier molecular flexibility index (Phi) is 5.00. The van der Waals surface area contributed by atoms with Crippen LogP contribution in [0.25, 0.3) is 17.0 Å². The van der Waals surface area contributed by atoms with Gasteiger partial charge in [0.25, 0.3) is 0 Å². The molecule has 2 aliphatic heterocycles. The molecule has 2 aromatic heterocycles. The molecule has 0 saturated heterocycles. The van der Waals surface area contributed by atoms with Crippen LogP contribution in [0, 0.1) is 0 Å². The summed E-state index contributed by atoms with van der Waals surface area (Å²) in [6.45, 7) is 4.07. The van der Waals surface area contributed by atoms with E-state index in [1.165, 1.54) is 0 Å². The number of hydrogen-bond donors (Lipinski definition) is 0. The number of benzene rings is 2. The van der Waals surface area contributed by atoms with Gasteiger partial charge in [0.1, 0.15) is 17.2 Å². The summed E-state index contributed by atoms with van der Waals surface area (Å²) in [5.74, 6) is 0.938. The fraction of sp³-hybridized carbons (Fsp3) is 0.250. The number of nitrogens with zero attached hydrogens (tertiary/aromatic N) is 3. The fourth-order valence-corrected chi connectivity index (χ4v) is 5.18. The van der Waals surface area contributed by atoms with Gasteiger partial charge >= 0.3 is 5.97 Å². The average Bonchev–Trinajstić information content (AvgIpc) is 3.55. The lowest BCUT2D eigenvalue weighted by molar-refractivity contribution is -0.135. The summed E-state index contributed by atoms with van der Waals surface area (Å²) >= 11 is 0. The van der Waals surface area contributed by atoms with Gasteiger partial charge in [-0.15, -0.1) is 0 Å². The number of esters is 1. The highest BCUT2D eigenvalue weighted by Crippen LogP contribution is 2.49. The average molecular weight is 484 g/mol. The highest BCUT2D eigenvalue weighted by molar-refractivity contribution is 6.15. The quantitative estimate of drug-likeness (QED) is 0.230. The minimum absolute atomic E-state index is 0.106. The number of allylic oxidation sites excluding steroid dienone is 1. The lowest BCUT2D eigenvalue weighted by Crippen LogP contribution is -2.24. The van der Waals surface area contributed by atoms with E-state index in [1.807, 2.05) is 60.6 Å². The molecule has 2 aliphatic rings. The lowest BCUT2D eigenvalue weighted by Gasteiger charge is -2.27. The SMILES string of the molecule is COc1ccc2c(c1)c(/C=C1\Oc3c(ccc4c3[C@H](c3ccnn3C(C)C)CC(=O)O4)C1=O)cn2C. The molecule has 0 radical (unpaired) electrons. The number of carbonyl (C=O) groups is 2. The van der Waals surface area contributed by atoms with Crippen molar-refractivity contribution >= 4 is 28.7 Å². The van der Waals surface area contributed by atoms with Crippen molar-refractivity contribution in [3.8, 4) is 17.2 Å². The number of ketones is 1. The van der Waals surface area contributed by atoms with Crippen LogP contribution in [0.2, 0.25) is 0 Å². The van der Waals surface area contributed by atoms with Gasteiger partial charge in [0.15, 0.2) is 5.76 Å². The van der Waals surface area contributed by atoms with E-state index in [1.54, 1.807) is 31.5 Å². The molecular formula is C28H25N3O5. The van der Waals surface area contributed by atoms with E-state index in [0.717, 1.165) is 27.9 Å². The highest BCUT2D eigenvalue weighted by atomic mass is 16.5. The molecule has 0 N–H and O–H groups in total. The summed E-state index contributed by atoms with van der Waals surface area (Å²) < 4.78 is 21.1. The molecule has 6 rings (SSSR count). The number of methoxy groups -OCH3 is 1. The van der Waals surface area contributed by atoms with Crippen LogP contribution in [-0.4, -0.2) is 33.2 Å². The predicted molar refractivity (Wildman–Crippen MR) is 134 cm³/mol. The molecule has 0 bridgehead atoms. The third-order valence-corrected chi connectivity index (χ3v) is 6.84. The van der Waals surface area contributed by atoms with E-state index in [4.69, 9.17) is 14.2 Å². The minimum Gasteiger partial charge on any atom is -0.497 e. The maximum Gasteiger partial charge on any atom is 0.312 e. The van der Waals surface area contributed by atoms with Crippen LogP contribution in [0.1, 0.15) is 59.4 Å². The maximum absolute atomic E-state index is 13.4. The van der Waals surface area contributed by atoms with Gasteiger partial charge in [-0.2, -0.15) is 5.10 Å². The molecule has 2 aromatic carbocycles. The molecule has 36 heavy (non-hydrogen) atoms. The first kappa shape index (κ1) is 22.2. The zero-order valence-corrected chi connectivity index (χ0v) is 20.4. The van der Waals surface area contributed by atoms with Crippen LogP contribution in [0.15, 0.2) is 54.6 Å². The largest absolute Gasteiger partial charge is 0.497 e. The van der Waals surface area contributed by atoms with E-state index < -0.39 is 0 Å². The summed E-state index contributed by atoms with van der Waals surface area (Å²) in [5, 5.41) is 5.40. The molecular weight excluding hydrogens is 458 g/mol. The Hall–Kier alpha value is -4.33. The van der Waals surface area contributed by atoms with Crippen molar-refractivity contribution in [2.45, 2.75) is 32.2 Å². The van der Waals surface area contributed by atoms with Gasteiger partial charge in [0.05, 0.1) is 19.1 Å². The molecule has 0 aliphatic carbocycles. The zero-order chi connectivity index (χ0) is 25.1. The van der Waals surface area contributed by atoms with Gasteiger partial charge in [-0.3, -0.25) is 14.3 Å². The Morgan fingerprint density at radius 2 is 1.97 bits per heavy atom. The predicted octanol–water partition coefficient (Wildman–Crippen LogP) is 5.02. The molecule has 182 valence electrons. The van der Waals surface area contributed by atoms with Crippen LogP contribution in [0.3, 0.4) is 0 Å². The lowest BCUT2D eigenvalue weighted by atomic mass is 9.87. The number of rotatable bonds is 4. The molecule has 4 heterocycles. The second-order valence-corrected chi connectivity index (χ2v) is 9.40. The molecule has 0 unspecified atom stereocenters. The molecule has 1 atom stereocenters. The van der Waals surface area contributed by atoms with E-state index in [-0.39, 0.29) is 35.9 Å². The van der Waals surface area contributed by atoms with Crippen LogP contribution < -0.4 is 14.2 Å². The van der Waals surface area contributed by atoms with Crippen LogP contribution in [0.4, 0.5) is 0 Å². The number of aryl methyl sites for hydroxylation is 1. The first-order chi connectivity index (χ1) is 17.4. The fourth-order valence-electron chi connectivity index (χ4n) is 5.18. The van der Waals surface area contributed by atoms with Crippen LogP contribution >= 0.6 is 0 Å². The van der Waals surface area contributed by atoms with Gasteiger partial charge in [-0.1, -0.05) is 0 Å². The summed E-state index contributed by atoms with van der Waals surface area (Å²) in [7, 11) is 3.58. The van der Waals surface area contributed by atoms with Crippen molar-refractivity contribution < 1.29 is 23.8 Å². The number of aromatic nitrogens is 3. The molecule has 8 nitrogen and oxygen atoms in total. The molecule has 0 fully saturated rings. The number of carbonyl (C=O) groups excluding carboxylic acids is 2. The van der Waals surface area contributed by atoms with Crippen molar-refractivity contribution in [1.82, 2.24) is 14.3 Å². The van der Waals surface area contributed by atoms with Crippen molar-refractivity contribution in [2.24, 2.45) is 7.05 Å². The first-order valence-corrected chi connectivity index (χ1v) is 11.8. The van der Waals surface area contributed by atoms with Gasteiger partial charge in [0, 0.05) is 59.1 Å². The zero-order valence-electron chi connectivity index (χ0n) is 20.4. The normalized spacial score (nSPS) is 17.9. The number of hydrogen-bond acceptors (Lipinski definition) is 6. The third kappa shape index (κ3) is 3.32. The Morgan fingerprint density at radius 1 is 1.14 bits per heavy atom. The van der Waals surface area contributed by atoms with Gasteiger partial charge < -0.3 is 18.8 Å². The maximum atomic E-state index is 13.4. The Labute approximate surface area is 207 Å². The third-order valence-electron chi connectivity index (χ3n) is 6.84. The monoisotopic (exact) mass is 483 g/mol. The molecule has 0 saturated carbocycles. The summed E-state index contributed by atoms with van der Waals surface area (Å²) in [6.07, 6.45) is 5.59. The van der Waals surface area contributed by atoms with Gasteiger partial charge in [0.2, 0.25) is 5.78 Å². The first-order valence-electron chi connectivity index (χ1n) is 11.8. The van der Waals surface area contributed by atoms with E-state index in [9.17, 15) is 9.59 Å². The smallest absolute Gasteiger partial charge is 0.312 e. The van der Waals surface area contributed by atoms with Crippen molar-refractivity contribution in [3.63, 3.8) is 0 Å². The van der Waals surface area contributed by atoms with E-state index in [2.05, 4.69) is 5.10 Å². The van der Waals surface area contributed by atoms with Gasteiger partial charge in [-0.05, 0) is 56.3 Å². The Bertz CT molecular complexity index is 1590. The van der Waals surface area contributed by atoms with Crippen LogP contribution in [-0.2, 0) is 11.8 Å². The second-order valence-electron chi connectivity index (χ2n) is 9.40. The van der Waals surface area contributed by atoms with Crippen molar-refractivity contribution in [1.29, 1.82) is 0 Å². The molecule has 0 amide bonds. The minimum atomic E-state index is -0.338. The highest BCUT2D eigenvalue weighted by Gasteiger charge is 2.39. The van der Waals surface area contributed by atoms with Crippen molar-refractivity contribution in [3.05, 3.63) is 76.9 Å². The van der Waals surface area contributed by atoms with E-state index in [0.29, 0.717) is 22.6 Å². The number of fused-ring (bicyclic) bond motifs is 4. The summed E-state index contributed by atoms with van der Waals surface area (Å²) in [4.78, 5) is 25.9. The van der Waals surface area contributed by atoms with Crippen molar-refractivity contribution in [2.75, 3.05) is 7.11 Å². The number of Topliss-reactive ketones (excluding diaryl/α,β-unsaturated/α-hetero) is 1. The Morgan fingerprint density at radius 3 is 2.75 bits per heavy atom. The summed E-state index contributed by atoms with van der Waals surface area (Å²) in [5.41, 5.74) is 3.89. The molecule has 4 aromatic rings.